The summed E-state index contributed by atoms with van der Waals surface area (Å²) < 4.78 is 5.44. The molecule has 0 unspecified atom stereocenters. The number of aromatic nitrogens is 2. The highest BCUT2D eigenvalue weighted by molar-refractivity contribution is 5.85. The zero-order valence-electron chi connectivity index (χ0n) is 10.3. The van der Waals surface area contributed by atoms with Crippen molar-refractivity contribution in [1.82, 2.24) is 9.97 Å². The highest BCUT2D eigenvalue weighted by Gasteiger charge is 2.00. The van der Waals surface area contributed by atoms with Gasteiger partial charge >= 0.3 is 5.69 Å². The van der Waals surface area contributed by atoms with Crippen LogP contribution in [-0.2, 0) is 0 Å². The standard InChI is InChI=1S/C13H13N3O3/c1-2-19-11-6-4-3-5-9(11)7-14-10-8-15-13(18)16-12(10)17/h3-8H,2H2,1H3,(H2,15,16,17,18). The summed E-state index contributed by atoms with van der Waals surface area (Å²) in [4.78, 5) is 30.8. The van der Waals surface area contributed by atoms with E-state index in [9.17, 15) is 9.59 Å². The Hall–Kier alpha value is -2.63. The smallest absolute Gasteiger partial charge is 0.325 e. The van der Waals surface area contributed by atoms with Gasteiger partial charge in [0, 0.05) is 18.0 Å². The highest BCUT2D eigenvalue weighted by Crippen LogP contribution is 2.16. The number of nitrogens with zero attached hydrogens (tertiary/aromatic N) is 1. The predicted octanol–water partition coefficient (Wildman–Crippen LogP) is 1.21. The maximum absolute atomic E-state index is 11.5. The topological polar surface area (TPSA) is 87.3 Å². The molecule has 0 radical (unpaired) electrons. The van der Waals surface area contributed by atoms with E-state index in [1.165, 1.54) is 12.4 Å². The molecule has 2 aromatic rings. The van der Waals surface area contributed by atoms with Gasteiger partial charge in [0.1, 0.15) is 11.4 Å². The van der Waals surface area contributed by atoms with Crippen LogP contribution < -0.4 is 16.0 Å². The molecule has 0 bridgehead atoms. The average molecular weight is 259 g/mol. The fraction of sp³-hybridized carbons (Fsp3) is 0.154. The molecule has 0 aliphatic carbocycles. The largest absolute Gasteiger partial charge is 0.493 e. The summed E-state index contributed by atoms with van der Waals surface area (Å²) in [6.45, 7) is 2.44. The van der Waals surface area contributed by atoms with Crippen LogP contribution >= 0.6 is 0 Å². The summed E-state index contributed by atoms with van der Waals surface area (Å²) in [6.07, 6.45) is 2.79. The van der Waals surface area contributed by atoms with Gasteiger partial charge in [-0.1, -0.05) is 12.1 Å². The van der Waals surface area contributed by atoms with Crippen molar-refractivity contribution in [3.8, 4) is 5.75 Å². The quantitative estimate of drug-likeness (QED) is 0.809. The second-order valence-electron chi connectivity index (χ2n) is 3.69. The van der Waals surface area contributed by atoms with E-state index in [2.05, 4.69) is 15.0 Å². The molecule has 98 valence electrons. The summed E-state index contributed by atoms with van der Waals surface area (Å²) in [7, 11) is 0. The molecule has 6 nitrogen and oxygen atoms in total. The molecular formula is C13H13N3O3. The van der Waals surface area contributed by atoms with Gasteiger partial charge in [-0.25, -0.2) is 9.79 Å². The minimum Gasteiger partial charge on any atom is -0.493 e. The minimum atomic E-state index is -0.557. The Kier molecular flexibility index (Phi) is 3.92. The number of nitrogens with one attached hydrogen (secondary N) is 2. The van der Waals surface area contributed by atoms with Crippen molar-refractivity contribution in [2.75, 3.05) is 6.61 Å². The molecule has 0 fully saturated rings. The first-order chi connectivity index (χ1) is 9.20. The molecule has 0 aliphatic heterocycles. The van der Waals surface area contributed by atoms with E-state index in [0.29, 0.717) is 12.4 Å². The molecular weight excluding hydrogens is 246 g/mol. The number of rotatable bonds is 4. The predicted molar refractivity (Wildman–Crippen MR) is 72.5 cm³/mol. The second-order valence-corrected chi connectivity index (χ2v) is 3.69. The Bertz CT molecular complexity index is 701. The van der Waals surface area contributed by atoms with Crippen LogP contribution in [0.15, 0.2) is 45.0 Å². The third kappa shape index (κ3) is 3.19. The van der Waals surface area contributed by atoms with Gasteiger partial charge in [0.05, 0.1) is 6.61 Å². The van der Waals surface area contributed by atoms with Gasteiger partial charge in [-0.05, 0) is 19.1 Å². The summed E-state index contributed by atoms with van der Waals surface area (Å²) in [5.74, 6) is 0.689. The molecule has 0 amide bonds. The van der Waals surface area contributed by atoms with E-state index in [1.54, 1.807) is 0 Å². The molecule has 0 atom stereocenters. The van der Waals surface area contributed by atoms with Crippen molar-refractivity contribution in [1.29, 1.82) is 0 Å². The van der Waals surface area contributed by atoms with E-state index in [-0.39, 0.29) is 5.69 Å². The zero-order chi connectivity index (χ0) is 13.7. The number of ether oxygens (including phenoxy) is 1. The number of para-hydroxylation sites is 1. The van der Waals surface area contributed by atoms with E-state index >= 15 is 0 Å². The molecule has 0 saturated heterocycles. The third-order valence-electron chi connectivity index (χ3n) is 2.36. The van der Waals surface area contributed by atoms with Gasteiger partial charge in [-0.15, -0.1) is 0 Å². The second kappa shape index (κ2) is 5.81. The lowest BCUT2D eigenvalue weighted by Gasteiger charge is -2.05. The Balaban J connectivity index is 2.32. The van der Waals surface area contributed by atoms with Gasteiger partial charge in [-0.2, -0.15) is 0 Å². The van der Waals surface area contributed by atoms with Crippen molar-refractivity contribution in [2.24, 2.45) is 4.99 Å². The minimum absolute atomic E-state index is 0.130. The number of hydrogen-bond acceptors (Lipinski definition) is 4. The zero-order valence-corrected chi connectivity index (χ0v) is 10.3. The summed E-state index contributed by atoms with van der Waals surface area (Å²) in [6, 6.07) is 7.35. The van der Waals surface area contributed by atoms with E-state index in [1.807, 2.05) is 31.2 Å². The van der Waals surface area contributed by atoms with Crippen LogP contribution in [-0.4, -0.2) is 22.8 Å². The van der Waals surface area contributed by atoms with Crippen molar-refractivity contribution in [2.45, 2.75) is 6.92 Å². The number of benzene rings is 1. The van der Waals surface area contributed by atoms with Crippen LogP contribution in [0.25, 0.3) is 0 Å². The van der Waals surface area contributed by atoms with E-state index in [0.717, 1.165) is 5.56 Å². The van der Waals surface area contributed by atoms with Gasteiger partial charge < -0.3 is 9.72 Å². The van der Waals surface area contributed by atoms with E-state index < -0.39 is 11.2 Å². The maximum atomic E-state index is 11.5. The molecule has 1 heterocycles. The van der Waals surface area contributed by atoms with Crippen LogP contribution in [0.2, 0.25) is 0 Å². The fourth-order valence-electron chi connectivity index (χ4n) is 1.51. The third-order valence-corrected chi connectivity index (χ3v) is 2.36. The van der Waals surface area contributed by atoms with Crippen LogP contribution in [0.1, 0.15) is 12.5 Å². The number of aliphatic imine (C=N–C) groups is 1. The Labute approximate surface area is 108 Å². The molecule has 1 aromatic carbocycles. The summed E-state index contributed by atoms with van der Waals surface area (Å²) in [5, 5.41) is 0. The first-order valence-electron chi connectivity index (χ1n) is 5.78. The lowest BCUT2D eigenvalue weighted by molar-refractivity contribution is 0.340. The first-order valence-corrected chi connectivity index (χ1v) is 5.78. The SMILES string of the molecule is CCOc1ccccc1C=Nc1c[nH]c(=O)[nH]c1=O. The lowest BCUT2D eigenvalue weighted by Crippen LogP contribution is -2.20. The normalized spacial score (nSPS) is 10.8. The van der Waals surface area contributed by atoms with Crippen molar-refractivity contribution >= 4 is 11.9 Å². The number of hydrogen-bond donors (Lipinski definition) is 2. The Morgan fingerprint density at radius 2 is 2.11 bits per heavy atom. The van der Waals surface area contributed by atoms with Crippen molar-refractivity contribution < 1.29 is 4.74 Å². The number of aromatic amines is 2. The van der Waals surface area contributed by atoms with Gasteiger partial charge in [0.15, 0.2) is 0 Å². The van der Waals surface area contributed by atoms with Crippen molar-refractivity contribution in [3.63, 3.8) is 0 Å². The number of H-pyrrole nitrogens is 2. The molecule has 0 spiro atoms. The lowest BCUT2D eigenvalue weighted by atomic mass is 10.2. The molecule has 0 saturated carbocycles. The molecule has 1 aromatic heterocycles. The fourth-order valence-corrected chi connectivity index (χ4v) is 1.51. The Morgan fingerprint density at radius 3 is 2.84 bits per heavy atom. The van der Waals surface area contributed by atoms with Gasteiger partial charge in [0.2, 0.25) is 0 Å². The molecule has 6 heteroatoms. The molecule has 2 N–H and O–H groups in total. The monoisotopic (exact) mass is 259 g/mol. The average Bonchev–Trinajstić information content (AvgIpc) is 2.40. The summed E-state index contributed by atoms with van der Waals surface area (Å²) >= 11 is 0. The van der Waals surface area contributed by atoms with Gasteiger partial charge in [-0.3, -0.25) is 9.78 Å². The maximum Gasteiger partial charge on any atom is 0.325 e. The van der Waals surface area contributed by atoms with Gasteiger partial charge in [0.25, 0.3) is 5.56 Å². The highest BCUT2D eigenvalue weighted by atomic mass is 16.5. The molecule has 0 aliphatic rings. The van der Waals surface area contributed by atoms with Crippen LogP contribution in [0.3, 0.4) is 0 Å². The molecule has 2 rings (SSSR count). The molecule has 19 heavy (non-hydrogen) atoms. The Morgan fingerprint density at radius 1 is 1.32 bits per heavy atom. The van der Waals surface area contributed by atoms with Crippen LogP contribution in [0.5, 0.6) is 5.75 Å². The van der Waals surface area contributed by atoms with E-state index in [4.69, 9.17) is 4.74 Å². The van der Waals surface area contributed by atoms with Crippen LogP contribution in [0, 0.1) is 0 Å². The van der Waals surface area contributed by atoms with Crippen molar-refractivity contribution in [3.05, 3.63) is 56.9 Å². The summed E-state index contributed by atoms with van der Waals surface area (Å²) in [5.41, 5.74) is -0.201. The first kappa shape index (κ1) is 12.8. The van der Waals surface area contributed by atoms with Crippen LogP contribution in [0.4, 0.5) is 5.69 Å².